The maximum Gasteiger partial charge on any atom is 0.248 e. The van der Waals surface area contributed by atoms with Gasteiger partial charge in [-0.1, -0.05) is 22.8 Å². The third-order valence-corrected chi connectivity index (χ3v) is 8.46. The molecule has 3 aromatic rings. The molecule has 3 heterocycles. The van der Waals surface area contributed by atoms with E-state index in [-0.39, 0.29) is 35.6 Å². The van der Waals surface area contributed by atoms with Gasteiger partial charge in [-0.25, -0.2) is 8.42 Å². The second kappa shape index (κ2) is 9.58. The highest BCUT2D eigenvalue weighted by molar-refractivity contribution is 7.89. The summed E-state index contributed by atoms with van der Waals surface area (Å²) in [6.07, 6.45) is 4.30. The first-order valence-electron chi connectivity index (χ1n) is 10.1. The molecular formula is C22H22ClN3O4S2. The van der Waals surface area contributed by atoms with Crippen LogP contribution in [0.25, 0.3) is 12.2 Å². The molecule has 1 saturated heterocycles. The summed E-state index contributed by atoms with van der Waals surface area (Å²) >= 11 is 7.42. The summed E-state index contributed by atoms with van der Waals surface area (Å²) < 4.78 is 33.4. The normalized spacial score (nSPS) is 15.9. The van der Waals surface area contributed by atoms with Crippen molar-refractivity contribution in [1.29, 1.82) is 0 Å². The lowest BCUT2D eigenvalue weighted by Crippen LogP contribution is -2.41. The van der Waals surface area contributed by atoms with Crippen molar-refractivity contribution in [3.8, 4) is 0 Å². The predicted molar refractivity (Wildman–Crippen MR) is 126 cm³/mol. The SMILES string of the molecule is Cc1noc(C=Cc2cccs2)c1S(=O)(=O)N1CCC(C(=O)Nc2ccc(Cl)cc2)CC1. The van der Waals surface area contributed by atoms with Gasteiger partial charge in [0.1, 0.15) is 5.69 Å². The van der Waals surface area contributed by atoms with Gasteiger partial charge in [0.2, 0.25) is 15.9 Å². The first-order valence-corrected chi connectivity index (χ1v) is 12.8. The van der Waals surface area contributed by atoms with E-state index in [1.165, 1.54) is 4.31 Å². The molecule has 4 rings (SSSR count). The number of anilines is 1. The Labute approximate surface area is 195 Å². The summed E-state index contributed by atoms with van der Waals surface area (Å²) in [5.74, 6) is -0.178. The highest BCUT2D eigenvalue weighted by atomic mass is 35.5. The van der Waals surface area contributed by atoms with Crippen molar-refractivity contribution in [2.24, 2.45) is 5.92 Å². The van der Waals surface area contributed by atoms with Crippen molar-refractivity contribution in [2.75, 3.05) is 18.4 Å². The molecule has 1 aliphatic heterocycles. The summed E-state index contributed by atoms with van der Waals surface area (Å²) in [4.78, 5) is 13.7. The Morgan fingerprint density at radius 1 is 1.22 bits per heavy atom. The Kier molecular flexibility index (Phi) is 6.80. The van der Waals surface area contributed by atoms with Crippen LogP contribution in [-0.2, 0) is 14.8 Å². The Hall–Kier alpha value is -2.46. The zero-order valence-electron chi connectivity index (χ0n) is 17.3. The van der Waals surface area contributed by atoms with Crippen molar-refractivity contribution in [3.63, 3.8) is 0 Å². The molecule has 0 atom stereocenters. The number of piperidine rings is 1. The van der Waals surface area contributed by atoms with Gasteiger partial charge < -0.3 is 9.84 Å². The molecule has 32 heavy (non-hydrogen) atoms. The summed E-state index contributed by atoms with van der Waals surface area (Å²) in [6, 6.07) is 10.7. The molecule has 168 valence electrons. The van der Waals surface area contributed by atoms with Crippen molar-refractivity contribution >= 4 is 56.7 Å². The highest BCUT2D eigenvalue weighted by Crippen LogP contribution is 2.30. The van der Waals surface area contributed by atoms with Gasteiger partial charge in [0.25, 0.3) is 0 Å². The van der Waals surface area contributed by atoms with Gasteiger partial charge in [-0.2, -0.15) is 4.31 Å². The molecule has 1 N–H and O–H groups in total. The fraction of sp³-hybridized carbons (Fsp3) is 0.273. The third kappa shape index (κ3) is 4.96. The standard InChI is InChI=1S/C22H22ClN3O4S2/c1-15-21(20(30-25-15)9-8-19-3-2-14-31-19)32(28,29)26-12-10-16(11-13-26)22(27)24-18-6-4-17(23)5-7-18/h2-9,14,16H,10-13H2,1H3,(H,24,27). The Morgan fingerprint density at radius 2 is 1.94 bits per heavy atom. The number of nitrogens with one attached hydrogen (secondary N) is 1. The number of aromatic nitrogens is 1. The number of thiophene rings is 1. The lowest BCUT2D eigenvalue weighted by Gasteiger charge is -2.30. The molecule has 0 unspecified atom stereocenters. The number of aryl methyl sites for hydroxylation is 1. The largest absolute Gasteiger partial charge is 0.355 e. The van der Waals surface area contributed by atoms with Crippen LogP contribution in [-0.4, -0.2) is 36.9 Å². The van der Waals surface area contributed by atoms with E-state index in [1.807, 2.05) is 17.5 Å². The van der Waals surface area contributed by atoms with Gasteiger partial charge >= 0.3 is 0 Å². The molecule has 0 radical (unpaired) electrons. The number of halogens is 1. The Balaban J connectivity index is 1.43. The molecule has 2 aromatic heterocycles. The van der Waals surface area contributed by atoms with Gasteiger partial charge in [-0.05, 0) is 67.6 Å². The summed E-state index contributed by atoms with van der Waals surface area (Å²) in [7, 11) is -3.80. The van der Waals surface area contributed by atoms with E-state index < -0.39 is 10.0 Å². The lowest BCUT2D eigenvalue weighted by molar-refractivity contribution is -0.120. The fourth-order valence-corrected chi connectivity index (χ4v) is 6.07. The minimum Gasteiger partial charge on any atom is -0.355 e. The fourth-order valence-electron chi connectivity index (χ4n) is 3.61. The van der Waals surface area contributed by atoms with E-state index in [1.54, 1.807) is 54.7 Å². The molecular weight excluding hydrogens is 470 g/mol. The average Bonchev–Trinajstić information content (AvgIpc) is 3.43. The molecule has 0 spiro atoms. The van der Waals surface area contributed by atoms with Crippen molar-refractivity contribution in [2.45, 2.75) is 24.7 Å². The second-order valence-electron chi connectivity index (χ2n) is 7.48. The Morgan fingerprint density at radius 3 is 2.59 bits per heavy atom. The average molecular weight is 492 g/mol. The Bertz CT molecular complexity index is 1210. The second-order valence-corrected chi connectivity index (χ2v) is 10.8. The van der Waals surface area contributed by atoms with Gasteiger partial charge in [0, 0.05) is 34.6 Å². The van der Waals surface area contributed by atoms with Crippen LogP contribution < -0.4 is 5.32 Å². The number of amides is 1. The van der Waals surface area contributed by atoms with E-state index in [9.17, 15) is 13.2 Å². The predicted octanol–water partition coefficient (Wildman–Crippen LogP) is 4.91. The maximum absolute atomic E-state index is 13.3. The molecule has 7 nitrogen and oxygen atoms in total. The van der Waals surface area contributed by atoms with Crippen molar-refractivity contribution < 1.29 is 17.7 Å². The number of hydrogen-bond acceptors (Lipinski definition) is 6. The van der Waals surface area contributed by atoms with Gasteiger partial charge in [0.15, 0.2) is 10.7 Å². The zero-order valence-corrected chi connectivity index (χ0v) is 19.7. The van der Waals surface area contributed by atoms with Crippen LogP contribution in [0.2, 0.25) is 5.02 Å². The molecule has 0 bridgehead atoms. The van der Waals surface area contributed by atoms with Crippen LogP contribution in [0.15, 0.2) is 51.2 Å². The van der Waals surface area contributed by atoms with E-state index in [2.05, 4.69) is 10.5 Å². The van der Waals surface area contributed by atoms with E-state index in [4.69, 9.17) is 16.1 Å². The topological polar surface area (TPSA) is 92.5 Å². The van der Waals surface area contributed by atoms with E-state index in [0.29, 0.717) is 29.2 Å². The molecule has 1 amide bonds. The van der Waals surface area contributed by atoms with Gasteiger partial charge in [0.05, 0.1) is 0 Å². The lowest BCUT2D eigenvalue weighted by atomic mass is 9.97. The first-order chi connectivity index (χ1) is 15.3. The molecule has 1 aromatic carbocycles. The number of carbonyl (C=O) groups excluding carboxylic acids is 1. The van der Waals surface area contributed by atoms with Crippen molar-refractivity contribution in [1.82, 2.24) is 9.46 Å². The molecule has 1 aliphatic rings. The van der Waals surface area contributed by atoms with Crippen LogP contribution in [0, 0.1) is 12.8 Å². The molecule has 1 fully saturated rings. The highest BCUT2D eigenvalue weighted by Gasteiger charge is 2.35. The van der Waals surface area contributed by atoms with Gasteiger partial charge in [-0.15, -0.1) is 11.3 Å². The summed E-state index contributed by atoms with van der Waals surface area (Å²) in [6.45, 7) is 2.12. The maximum atomic E-state index is 13.3. The minimum atomic E-state index is -3.80. The number of rotatable bonds is 6. The minimum absolute atomic E-state index is 0.0781. The number of hydrogen-bond donors (Lipinski definition) is 1. The molecule has 0 saturated carbocycles. The number of carbonyl (C=O) groups is 1. The van der Waals surface area contributed by atoms with Crippen LogP contribution in [0.4, 0.5) is 5.69 Å². The number of benzene rings is 1. The quantitative estimate of drug-likeness (QED) is 0.529. The van der Waals surface area contributed by atoms with Crippen LogP contribution in [0.3, 0.4) is 0 Å². The van der Waals surface area contributed by atoms with E-state index in [0.717, 1.165) is 4.88 Å². The van der Waals surface area contributed by atoms with Gasteiger partial charge in [-0.3, -0.25) is 4.79 Å². The monoisotopic (exact) mass is 491 g/mol. The third-order valence-electron chi connectivity index (χ3n) is 5.31. The van der Waals surface area contributed by atoms with E-state index >= 15 is 0 Å². The first kappa shape index (κ1) is 22.7. The molecule has 10 heteroatoms. The number of nitrogens with zero attached hydrogens (tertiary/aromatic N) is 2. The molecule has 0 aliphatic carbocycles. The smallest absolute Gasteiger partial charge is 0.248 e. The van der Waals surface area contributed by atoms with Crippen molar-refractivity contribution in [3.05, 3.63) is 63.1 Å². The van der Waals surface area contributed by atoms with Crippen LogP contribution in [0.1, 0.15) is 29.2 Å². The van der Waals surface area contributed by atoms with Crippen LogP contribution in [0.5, 0.6) is 0 Å². The zero-order chi connectivity index (χ0) is 22.7. The number of sulfonamides is 1. The van der Waals surface area contributed by atoms with Crippen LogP contribution >= 0.6 is 22.9 Å². The summed E-state index contributed by atoms with van der Waals surface area (Å²) in [5, 5.41) is 9.27. The summed E-state index contributed by atoms with van der Waals surface area (Å²) in [5.41, 5.74) is 0.982.